The van der Waals surface area contributed by atoms with Crippen molar-refractivity contribution in [2.75, 3.05) is 0 Å². The van der Waals surface area contributed by atoms with Crippen LogP contribution in [0.1, 0.15) is 10.7 Å². The number of nitrogens with two attached hydrogens (primary N) is 1. The topological polar surface area (TPSA) is 62.8 Å². The van der Waals surface area contributed by atoms with Gasteiger partial charge in [0.2, 0.25) is 0 Å². The number of thiazole rings is 1. The average molecular weight is 224 g/mol. The van der Waals surface area contributed by atoms with Crippen LogP contribution in [0.4, 0.5) is 0 Å². The summed E-state index contributed by atoms with van der Waals surface area (Å²) in [7, 11) is 0. The van der Waals surface area contributed by atoms with Crippen molar-refractivity contribution in [1.82, 2.24) is 4.98 Å². The molecule has 0 amide bonds. The van der Waals surface area contributed by atoms with Gasteiger partial charge in [-0.25, -0.2) is 4.98 Å². The lowest BCUT2D eigenvalue weighted by molar-refractivity contribution is 1.18. The lowest BCUT2D eigenvalue weighted by Crippen LogP contribution is -2.03. The van der Waals surface area contributed by atoms with Crippen molar-refractivity contribution in [2.24, 2.45) is 5.73 Å². The van der Waals surface area contributed by atoms with Crippen molar-refractivity contribution >= 4 is 40.7 Å². The van der Waals surface area contributed by atoms with E-state index < -0.39 is 0 Å². The van der Waals surface area contributed by atoms with E-state index >= 15 is 0 Å². The Labute approximate surface area is 85.7 Å². The number of aromatic nitrogens is 1. The van der Waals surface area contributed by atoms with E-state index in [1.54, 1.807) is 11.3 Å². The fraction of sp³-hybridized carbons (Fsp3) is 0.333. The standard InChI is InChI=1S/C6H9N3S2.ClH/c1-4-9-5(2-10-4)3-11-6(7)8;/h2H,3H2,1H3,(H3,7,8);1H. The summed E-state index contributed by atoms with van der Waals surface area (Å²) in [4.78, 5) is 4.23. The van der Waals surface area contributed by atoms with Crippen LogP contribution in [0.15, 0.2) is 5.38 Å². The Hall–Kier alpha value is -0.260. The lowest BCUT2D eigenvalue weighted by Gasteiger charge is -1.92. The summed E-state index contributed by atoms with van der Waals surface area (Å²) >= 11 is 2.92. The zero-order chi connectivity index (χ0) is 8.27. The van der Waals surface area contributed by atoms with Crippen LogP contribution in [0.5, 0.6) is 0 Å². The predicted octanol–water partition coefficient (Wildman–Crippen LogP) is 2.00. The Balaban J connectivity index is 0.00000121. The van der Waals surface area contributed by atoms with Crippen LogP contribution in [0, 0.1) is 12.3 Å². The van der Waals surface area contributed by atoms with Crippen LogP contribution in [0.3, 0.4) is 0 Å². The van der Waals surface area contributed by atoms with Gasteiger partial charge in [-0.2, -0.15) is 0 Å². The molecule has 1 aromatic heterocycles. The van der Waals surface area contributed by atoms with Gasteiger partial charge in [-0.05, 0) is 6.92 Å². The zero-order valence-corrected chi connectivity index (χ0v) is 8.98. The van der Waals surface area contributed by atoms with Crippen molar-refractivity contribution in [3.8, 4) is 0 Å². The first-order valence-corrected chi connectivity index (χ1v) is 4.93. The second-order valence-corrected chi connectivity index (χ2v) is 4.09. The highest BCUT2D eigenvalue weighted by Gasteiger charge is 1.98. The van der Waals surface area contributed by atoms with Crippen molar-refractivity contribution in [3.63, 3.8) is 0 Å². The summed E-state index contributed by atoms with van der Waals surface area (Å²) in [5, 5.41) is 10.2. The fourth-order valence-corrected chi connectivity index (χ4v) is 1.80. The summed E-state index contributed by atoms with van der Waals surface area (Å²) in [5.41, 5.74) is 6.18. The van der Waals surface area contributed by atoms with Gasteiger partial charge in [0, 0.05) is 11.1 Å². The van der Waals surface area contributed by atoms with E-state index in [2.05, 4.69) is 4.98 Å². The molecule has 0 saturated carbocycles. The predicted molar refractivity (Wildman–Crippen MR) is 57.3 cm³/mol. The number of nitrogens with one attached hydrogen (secondary N) is 1. The second kappa shape index (κ2) is 5.40. The first kappa shape index (κ1) is 11.7. The Kier molecular flexibility index (Phi) is 5.28. The highest BCUT2D eigenvalue weighted by molar-refractivity contribution is 8.13. The monoisotopic (exact) mass is 223 g/mol. The summed E-state index contributed by atoms with van der Waals surface area (Å²) in [6.07, 6.45) is 0. The summed E-state index contributed by atoms with van der Waals surface area (Å²) in [6.45, 7) is 1.96. The second-order valence-electron chi connectivity index (χ2n) is 2.01. The van der Waals surface area contributed by atoms with Crippen molar-refractivity contribution in [3.05, 3.63) is 16.1 Å². The molecule has 0 aliphatic heterocycles. The number of thioether (sulfide) groups is 1. The average Bonchev–Trinajstić information content (AvgIpc) is 2.31. The fourth-order valence-electron chi connectivity index (χ4n) is 0.626. The molecule has 1 heterocycles. The van der Waals surface area contributed by atoms with Crippen LogP contribution < -0.4 is 5.73 Å². The minimum Gasteiger partial charge on any atom is -0.379 e. The van der Waals surface area contributed by atoms with Crippen LogP contribution in [0.2, 0.25) is 0 Å². The number of hydrogen-bond acceptors (Lipinski definition) is 4. The smallest absolute Gasteiger partial charge is 0.151 e. The molecule has 0 aliphatic rings. The lowest BCUT2D eigenvalue weighted by atomic mass is 10.6. The van der Waals surface area contributed by atoms with Crippen LogP contribution in [-0.4, -0.2) is 10.2 Å². The third kappa shape index (κ3) is 3.94. The normalized spacial score (nSPS) is 9.08. The number of amidine groups is 1. The van der Waals surface area contributed by atoms with Gasteiger partial charge in [0.1, 0.15) is 0 Å². The van der Waals surface area contributed by atoms with Crippen LogP contribution in [0.25, 0.3) is 0 Å². The maximum Gasteiger partial charge on any atom is 0.151 e. The number of hydrogen-bond donors (Lipinski definition) is 2. The van der Waals surface area contributed by atoms with Crippen LogP contribution in [-0.2, 0) is 5.75 Å². The van der Waals surface area contributed by atoms with Crippen molar-refractivity contribution < 1.29 is 0 Å². The first-order valence-electron chi connectivity index (χ1n) is 3.06. The SMILES string of the molecule is Cc1nc(CSC(=N)N)cs1.Cl. The van der Waals surface area contributed by atoms with Gasteiger partial charge in [0.25, 0.3) is 0 Å². The largest absolute Gasteiger partial charge is 0.379 e. The van der Waals surface area contributed by atoms with Gasteiger partial charge in [0.05, 0.1) is 10.7 Å². The van der Waals surface area contributed by atoms with E-state index in [0.717, 1.165) is 10.7 Å². The van der Waals surface area contributed by atoms with Crippen molar-refractivity contribution in [2.45, 2.75) is 12.7 Å². The van der Waals surface area contributed by atoms with Gasteiger partial charge in [-0.1, -0.05) is 11.8 Å². The van der Waals surface area contributed by atoms with E-state index in [-0.39, 0.29) is 17.6 Å². The highest BCUT2D eigenvalue weighted by Crippen LogP contribution is 2.14. The van der Waals surface area contributed by atoms with E-state index in [1.165, 1.54) is 11.8 Å². The zero-order valence-electron chi connectivity index (χ0n) is 6.53. The molecule has 0 fully saturated rings. The molecule has 0 aromatic carbocycles. The Bertz CT molecular complexity index is 261. The Morgan fingerprint density at radius 1 is 1.83 bits per heavy atom. The number of halogens is 1. The van der Waals surface area contributed by atoms with Gasteiger partial charge in [-0.3, -0.25) is 5.41 Å². The number of nitrogens with zero attached hydrogens (tertiary/aromatic N) is 1. The molecule has 1 aromatic rings. The third-order valence-electron chi connectivity index (χ3n) is 1.04. The first-order chi connectivity index (χ1) is 5.18. The Morgan fingerprint density at radius 2 is 2.50 bits per heavy atom. The highest BCUT2D eigenvalue weighted by atomic mass is 35.5. The quantitative estimate of drug-likeness (QED) is 0.596. The summed E-state index contributed by atoms with van der Waals surface area (Å²) in [6, 6.07) is 0. The maximum atomic E-state index is 6.97. The molecular formula is C6H10ClN3S2. The molecule has 0 radical (unpaired) electrons. The van der Waals surface area contributed by atoms with E-state index in [9.17, 15) is 0 Å². The number of rotatable bonds is 2. The van der Waals surface area contributed by atoms with Crippen molar-refractivity contribution in [1.29, 1.82) is 5.41 Å². The van der Waals surface area contributed by atoms with E-state index in [4.69, 9.17) is 11.1 Å². The summed E-state index contributed by atoms with van der Waals surface area (Å²) in [5.74, 6) is 0.708. The van der Waals surface area contributed by atoms with Gasteiger partial charge in [0.15, 0.2) is 5.17 Å². The molecule has 0 saturated heterocycles. The Morgan fingerprint density at radius 3 is 2.92 bits per heavy atom. The molecule has 0 atom stereocenters. The van der Waals surface area contributed by atoms with Gasteiger partial charge < -0.3 is 5.73 Å². The van der Waals surface area contributed by atoms with Gasteiger partial charge >= 0.3 is 0 Å². The maximum absolute atomic E-state index is 6.97. The molecule has 3 N–H and O–H groups in total. The third-order valence-corrected chi connectivity index (χ3v) is 2.62. The minimum absolute atomic E-state index is 0. The van der Waals surface area contributed by atoms with Gasteiger partial charge in [-0.15, -0.1) is 23.7 Å². The molecule has 3 nitrogen and oxygen atoms in total. The number of aryl methyl sites for hydroxylation is 1. The summed E-state index contributed by atoms with van der Waals surface area (Å²) < 4.78 is 0. The molecular weight excluding hydrogens is 214 g/mol. The molecule has 6 heteroatoms. The molecule has 68 valence electrons. The molecule has 1 rings (SSSR count). The minimum atomic E-state index is 0. The molecule has 0 bridgehead atoms. The van der Waals surface area contributed by atoms with E-state index in [0.29, 0.717) is 5.75 Å². The molecule has 0 spiro atoms. The molecule has 0 aliphatic carbocycles. The van der Waals surface area contributed by atoms with E-state index in [1.807, 2.05) is 12.3 Å². The molecule has 12 heavy (non-hydrogen) atoms. The molecule has 0 unspecified atom stereocenters. The van der Waals surface area contributed by atoms with Crippen LogP contribution >= 0.6 is 35.5 Å².